The van der Waals surface area contributed by atoms with Crippen molar-refractivity contribution >= 4 is 12.0 Å². The standard InChI is InChI=1S/C25H30N2O2/c1-6-25(5)14-13-22(15-23(25)18(2)3)19(4)17-27(29)24(28)12-11-20-7-9-21(16-26)10-8-20/h6-12,22-23,29H,1-2,4,13-15,17H2,3,5H3/b12-11+/t22-,23+,25-/m1/s1. The zero-order valence-corrected chi connectivity index (χ0v) is 17.4. The average molecular weight is 391 g/mol. The molecule has 1 aromatic carbocycles. The predicted molar refractivity (Wildman–Crippen MR) is 117 cm³/mol. The maximum Gasteiger partial charge on any atom is 0.270 e. The molecule has 0 radical (unpaired) electrons. The van der Waals surface area contributed by atoms with Crippen molar-refractivity contribution in [2.24, 2.45) is 17.3 Å². The number of carbonyl (C=O) groups is 1. The van der Waals surface area contributed by atoms with Crippen molar-refractivity contribution in [3.63, 3.8) is 0 Å². The van der Waals surface area contributed by atoms with Crippen LogP contribution in [-0.2, 0) is 4.79 Å². The summed E-state index contributed by atoms with van der Waals surface area (Å²) in [6, 6.07) is 8.91. The fraction of sp³-hybridized carbons (Fsp3) is 0.360. The van der Waals surface area contributed by atoms with Crippen LogP contribution in [0.15, 0.2) is 67.3 Å². The molecular weight excluding hydrogens is 360 g/mol. The van der Waals surface area contributed by atoms with Gasteiger partial charge < -0.3 is 0 Å². The first-order valence-corrected chi connectivity index (χ1v) is 9.85. The zero-order valence-electron chi connectivity index (χ0n) is 17.4. The van der Waals surface area contributed by atoms with E-state index in [1.54, 1.807) is 30.3 Å². The second-order valence-electron chi connectivity index (χ2n) is 8.20. The first kappa shape index (κ1) is 22.4. The Kier molecular flexibility index (Phi) is 7.36. The molecule has 0 bridgehead atoms. The van der Waals surface area contributed by atoms with Gasteiger partial charge in [0.1, 0.15) is 0 Å². The molecule has 1 aromatic rings. The van der Waals surface area contributed by atoms with Crippen LogP contribution < -0.4 is 0 Å². The number of carbonyl (C=O) groups excluding carboxylic acids is 1. The molecular formula is C25H30N2O2. The van der Waals surface area contributed by atoms with Gasteiger partial charge in [-0.25, -0.2) is 5.06 Å². The van der Waals surface area contributed by atoms with Crippen LogP contribution in [0.5, 0.6) is 0 Å². The SMILES string of the molecule is C=C[C@]1(C)CC[C@@H](C(=C)CN(O)C(=O)/C=C/c2ccc(C#N)cc2)C[C@H]1C(=C)C. The summed E-state index contributed by atoms with van der Waals surface area (Å²) in [4.78, 5) is 12.2. The third-order valence-electron chi connectivity index (χ3n) is 6.05. The van der Waals surface area contributed by atoms with Crippen LogP contribution in [0.25, 0.3) is 6.08 Å². The lowest BCUT2D eigenvalue weighted by atomic mass is 9.61. The molecule has 0 unspecified atom stereocenters. The maximum atomic E-state index is 12.2. The van der Waals surface area contributed by atoms with Gasteiger partial charge >= 0.3 is 0 Å². The highest BCUT2D eigenvalue weighted by molar-refractivity contribution is 5.91. The van der Waals surface area contributed by atoms with Gasteiger partial charge in [-0.3, -0.25) is 10.0 Å². The summed E-state index contributed by atoms with van der Waals surface area (Å²) in [6.07, 6.45) is 7.80. The minimum Gasteiger partial charge on any atom is -0.285 e. The number of hydrogen-bond acceptors (Lipinski definition) is 3. The highest BCUT2D eigenvalue weighted by Crippen LogP contribution is 2.48. The summed E-state index contributed by atoms with van der Waals surface area (Å²) in [6.45, 7) is 16.7. The Hall–Kier alpha value is -2.90. The third kappa shape index (κ3) is 5.56. The summed E-state index contributed by atoms with van der Waals surface area (Å²) in [5.41, 5.74) is 3.35. The largest absolute Gasteiger partial charge is 0.285 e. The molecule has 0 aliphatic heterocycles. The van der Waals surface area contributed by atoms with Crippen LogP contribution in [0, 0.1) is 28.6 Å². The lowest BCUT2D eigenvalue weighted by Crippen LogP contribution is -2.36. The zero-order chi connectivity index (χ0) is 21.6. The maximum absolute atomic E-state index is 12.2. The number of amides is 1. The summed E-state index contributed by atoms with van der Waals surface area (Å²) < 4.78 is 0. The molecule has 1 fully saturated rings. The van der Waals surface area contributed by atoms with Crippen molar-refractivity contribution in [2.45, 2.75) is 33.1 Å². The molecule has 4 heteroatoms. The molecule has 1 saturated carbocycles. The van der Waals surface area contributed by atoms with Crippen molar-refractivity contribution in [2.75, 3.05) is 6.54 Å². The summed E-state index contributed by atoms with van der Waals surface area (Å²) >= 11 is 0. The molecule has 29 heavy (non-hydrogen) atoms. The van der Waals surface area contributed by atoms with Crippen LogP contribution in [0.4, 0.5) is 0 Å². The van der Waals surface area contributed by atoms with E-state index >= 15 is 0 Å². The lowest BCUT2D eigenvalue weighted by Gasteiger charge is -2.44. The van der Waals surface area contributed by atoms with E-state index in [1.165, 1.54) is 6.08 Å². The van der Waals surface area contributed by atoms with E-state index in [4.69, 9.17) is 5.26 Å². The first-order chi connectivity index (χ1) is 13.7. The number of hydroxylamine groups is 2. The van der Waals surface area contributed by atoms with Crippen molar-refractivity contribution in [1.82, 2.24) is 5.06 Å². The molecule has 1 aliphatic carbocycles. The second kappa shape index (κ2) is 9.54. The highest BCUT2D eigenvalue weighted by Gasteiger charge is 2.39. The van der Waals surface area contributed by atoms with E-state index in [0.29, 0.717) is 16.5 Å². The first-order valence-electron chi connectivity index (χ1n) is 9.85. The van der Waals surface area contributed by atoms with Crippen molar-refractivity contribution in [3.8, 4) is 6.07 Å². The third-order valence-corrected chi connectivity index (χ3v) is 6.05. The van der Waals surface area contributed by atoms with Crippen LogP contribution in [0.3, 0.4) is 0 Å². The van der Waals surface area contributed by atoms with Gasteiger partial charge in [-0.1, -0.05) is 49.4 Å². The monoisotopic (exact) mass is 390 g/mol. The number of nitriles is 1. The average Bonchev–Trinajstić information content (AvgIpc) is 2.72. The Morgan fingerprint density at radius 2 is 2.03 bits per heavy atom. The smallest absolute Gasteiger partial charge is 0.270 e. The van der Waals surface area contributed by atoms with Crippen LogP contribution in [-0.4, -0.2) is 22.7 Å². The van der Waals surface area contributed by atoms with Gasteiger partial charge in [0, 0.05) is 6.08 Å². The van der Waals surface area contributed by atoms with Gasteiger partial charge in [0.15, 0.2) is 0 Å². The normalized spacial score (nSPS) is 23.9. The Bertz CT molecular complexity index is 860. The molecule has 0 saturated heterocycles. The minimum absolute atomic E-state index is 0.0289. The van der Waals surface area contributed by atoms with E-state index in [-0.39, 0.29) is 17.9 Å². The van der Waals surface area contributed by atoms with Crippen molar-refractivity contribution in [3.05, 3.63) is 78.4 Å². The van der Waals surface area contributed by atoms with Gasteiger partial charge in [0.2, 0.25) is 0 Å². The summed E-state index contributed by atoms with van der Waals surface area (Å²) in [5.74, 6) is 0.0444. The van der Waals surface area contributed by atoms with Gasteiger partial charge in [-0.15, -0.1) is 6.58 Å². The van der Waals surface area contributed by atoms with E-state index in [1.807, 2.05) is 19.1 Å². The fourth-order valence-electron chi connectivity index (χ4n) is 4.03. The fourth-order valence-corrected chi connectivity index (χ4v) is 4.03. The summed E-state index contributed by atoms with van der Waals surface area (Å²) in [7, 11) is 0. The lowest BCUT2D eigenvalue weighted by molar-refractivity contribution is -0.157. The molecule has 0 spiro atoms. The van der Waals surface area contributed by atoms with Crippen LogP contribution in [0.2, 0.25) is 0 Å². The second-order valence-corrected chi connectivity index (χ2v) is 8.20. The van der Waals surface area contributed by atoms with Gasteiger partial charge in [0.05, 0.1) is 18.2 Å². The molecule has 1 N–H and O–H groups in total. The number of benzene rings is 1. The molecule has 0 aromatic heterocycles. The Morgan fingerprint density at radius 3 is 2.59 bits per heavy atom. The van der Waals surface area contributed by atoms with E-state index in [9.17, 15) is 10.0 Å². The predicted octanol–water partition coefficient (Wildman–Crippen LogP) is 5.53. The Balaban J connectivity index is 1.96. The van der Waals surface area contributed by atoms with Crippen molar-refractivity contribution < 1.29 is 10.0 Å². The molecule has 2 rings (SSSR count). The van der Waals surface area contributed by atoms with E-state index in [2.05, 4.69) is 26.7 Å². The summed E-state index contributed by atoms with van der Waals surface area (Å²) in [5, 5.41) is 19.7. The molecule has 3 atom stereocenters. The number of rotatable bonds is 7. The number of allylic oxidation sites excluding steroid dienone is 2. The van der Waals surface area contributed by atoms with E-state index in [0.717, 1.165) is 36.0 Å². The topological polar surface area (TPSA) is 64.3 Å². The van der Waals surface area contributed by atoms with Crippen molar-refractivity contribution in [1.29, 1.82) is 5.26 Å². The van der Waals surface area contributed by atoms with Crippen LogP contribution in [0.1, 0.15) is 44.2 Å². The highest BCUT2D eigenvalue weighted by atomic mass is 16.5. The molecule has 152 valence electrons. The Morgan fingerprint density at radius 1 is 1.38 bits per heavy atom. The molecule has 0 heterocycles. The number of hydrogen-bond donors (Lipinski definition) is 1. The van der Waals surface area contributed by atoms with Gasteiger partial charge in [-0.2, -0.15) is 5.26 Å². The minimum atomic E-state index is -0.501. The molecule has 1 amide bonds. The Labute approximate surface area is 174 Å². The van der Waals surface area contributed by atoms with Gasteiger partial charge in [-0.05, 0) is 67.2 Å². The molecule has 4 nitrogen and oxygen atoms in total. The van der Waals surface area contributed by atoms with Gasteiger partial charge in [0.25, 0.3) is 5.91 Å². The van der Waals surface area contributed by atoms with Crippen LogP contribution >= 0.6 is 0 Å². The quantitative estimate of drug-likeness (QED) is 0.288. The number of nitrogens with zero attached hydrogens (tertiary/aromatic N) is 2. The molecule has 1 aliphatic rings. The van der Waals surface area contributed by atoms with E-state index < -0.39 is 5.91 Å².